The van der Waals surface area contributed by atoms with Crippen LogP contribution in [0.2, 0.25) is 0 Å². The summed E-state index contributed by atoms with van der Waals surface area (Å²) in [6, 6.07) is 0. The minimum absolute atomic E-state index is 0.333. The number of hydrogen-bond donors (Lipinski definition) is 0. The lowest BCUT2D eigenvalue weighted by Crippen LogP contribution is -1.66. The molecule has 0 amide bonds. The Bertz CT molecular complexity index is 52.0. The molecule has 2 heteroatoms. The van der Waals surface area contributed by atoms with Crippen molar-refractivity contribution in [2.75, 3.05) is 18.7 Å². The molecule has 0 aliphatic rings. The van der Waals surface area contributed by atoms with E-state index in [-0.39, 0.29) is 6.67 Å². The van der Waals surface area contributed by atoms with Crippen LogP contribution in [-0.2, 0) is 0 Å². The first-order valence-corrected chi connectivity index (χ1v) is 3.51. The van der Waals surface area contributed by atoms with Crippen molar-refractivity contribution in [3.8, 4) is 0 Å². The summed E-state index contributed by atoms with van der Waals surface area (Å²) < 4.78 is 11.2. The van der Waals surface area contributed by atoms with Gasteiger partial charge in [0.05, 0.1) is 0 Å². The maximum atomic E-state index is 11.2. The van der Waals surface area contributed by atoms with E-state index in [2.05, 4.69) is 0 Å². The van der Waals surface area contributed by atoms with Gasteiger partial charge in [0, 0.05) is 5.75 Å². The molecule has 0 rings (SSSR count). The van der Waals surface area contributed by atoms with Crippen LogP contribution in [0, 0.1) is 0 Å². The average molecular weight is 120 g/mol. The van der Waals surface area contributed by atoms with Gasteiger partial charge in [-0.25, -0.2) is 4.39 Å². The molecule has 0 N–H and O–H groups in total. The molecule has 0 heterocycles. The van der Waals surface area contributed by atoms with E-state index in [1.807, 2.05) is 12.3 Å². The second kappa shape index (κ2) is 6.02. The van der Waals surface area contributed by atoms with Gasteiger partial charge < -0.3 is 0 Å². The summed E-state index contributed by atoms with van der Waals surface area (Å²) in [6.07, 6.45) is 5.34. The first-order valence-electron chi connectivity index (χ1n) is 2.11. The Kier molecular flexibility index (Phi) is 6.04. The molecule has 0 unspecified atom stereocenters. The molecule has 42 valence electrons. The normalized spacial score (nSPS) is 10.6. The van der Waals surface area contributed by atoms with Crippen molar-refractivity contribution in [1.82, 2.24) is 0 Å². The standard InChI is InChI=1S/C5H9FS/c1-7-5-3-2-4-6/h2-3H,4-5H2,1H3. The summed E-state index contributed by atoms with van der Waals surface area (Å²) in [5, 5.41) is 0. The van der Waals surface area contributed by atoms with Crippen molar-refractivity contribution in [2.24, 2.45) is 0 Å². The van der Waals surface area contributed by atoms with Crippen LogP contribution in [0.4, 0.5) is 4.39 Å². The second-order valence-electron chi connectivity index (χ2n) is 1.08. The van der Waals surface area contributed by atoms with Crippen LogP contribution in [0.25, 0.3) is 0 Å². The molecule has 0 aromatic rings. The number of halogens is 1. The van der Waals surface area contributed by atoms with Crippen LogP contribution in [-0.4, -0.2) is 18.7 Å². The van der Waals surface area contributed by atoms with Crippen LogP contribution in [0.5, 0.6) is 0 Å². The van der Waals surface area contributed by atoms with Gasteiger partial charge in [0.15, 0.2) is 0 Å². The SMILES string of the molecule is CSCC=CCF. The zero-order chi connectivity index (χ0) is 5.54. The number of alkyl halides is 1. The maximum absolute atomic E-state index is 11.2. The Morgan fingerprint density at radius 1 is 1.57 bits per heavy atom. The van der Waals surface area contributed by atoms with Crippen LogP contribution in [0.3, 0.4) is 0 Å². The zero-order valence-electron chi connectivity index (χ0n) is 4.36. The molecule has 0 radical (unpaired) electrons. The topological polar surface area (TPSA) is 0 Å². The number of thioether (sulfide) groups is 1. The molecule has 0 saturated heterocycles. The van der Waals surface area contributed by atoms with Crippen LogP contribution >= 0.6 is 11.8 Å². The second-order valence-corrected chi connectivity index (χ2v) is 1.99. The molecule has 0 spiro atoms. The largest absolute Gasteiger partial charge is 0.247 e. The average Bonchev–Trinajstić information content (AvgIpc) is 1.69. The lowest BCUT2D eigenvalue weighted by molar-refractivity contribution is 0.561. The highest BCUT2D eigenvalue weighted by Gasteiger charge is 1.69. The zero-order valence-corrected chi connectivity index (χ0v) is 5.17. The molecule has 0 aromatic heterocycles. The molecule has 0 saturated carbocycles. The Morgan fingerprint density at radius 2 is 2.29 bits per heavy atom. The molecule has 0 atom stereocenters. The molecule has 0 aliphatic heterocycles. The van der Waals surface area contributed by atoms with Gasteiger partial charge in [-0.3, -0.25) is 0 Å². The van der Waals surface area contributed by atoms with E-state index in [4.69, 9.17) is 0 Å². The van der Waals surface area contributed by atoms with E-state index in [9.17, 15) is 4.39 Å². The van der Waals surface area contributed by atoms with Gasteiger partial charge >= 0.3 is 0 Å². The van der Waals surface area contributed by atoms with Gasteiger partial charge in [-0.2, -0.15) is 11.8 Å². The summed E-state index contributed by atoms with van der Waals surface area (Å²) in [4.78, 5) is 0. The third-order valence-corrected chi connectivity index (χ3v) is 1.04. The lowest BCUT2D eigenvalue weighted by atomic mass is 10.6. The van der Waals surface area contributed by atoms with Crippen LogP contribution in [0.1, 0.15) is 0 Å². The number of allylic oxidation sites excluding steroid dienone is 1. The number of rotatable bonds is 3. The van der Waals surface area contributed by atoms with E-state index in [1.54, 1.807) is 11.8 Å². The number of hydrogen-bond acceptors (Lipinski definition) is 1. The Balaban J connectivity index is 2.78. The molecular formula is C5H9FS. The fourth-order valence-corrected chi connectivity index (χ4v) is 0.556. The van der Waals surface area contributed by atoms with E-state index in [0.29, 0.717) is 0 Å². The molecule has 7 heavy (non-hydrogen) atoms. The first-order chi connectivity index (χ1) is 3.41. The fraction of sp³-hybridized carbons (Fsp3) is 0.600. The third kappa shape index (κ3) is 6.02. The molecule has 0 aromatic carbocycles. The van der Waals surface area contributed by atoms with Gasteiger partial charge in [-0.1, -0.05) is 12.2 Å². The molecule has 0 nitrogen and oxygen atoms in total. The monoisotopic (exact) mass is 120 g/mol. The maximum Gasteiger partial charge on any atom is 0.108 e. The summed E-state index contributed by atoms with van der Waals surface area (Å²) in [5.41, 5.74) is 0. The summed E-state index contributed by atoms with van der Waals surface area (Å²) >= 11 is 1.69. The Morgan fingerprint density at radius 3 is 2.71 bits per heavy atom. The highest BCUT2D eigenvalue weighted by Crippen LogP contribution is 1.90. The van der Waals surface area contributed by atoms with Crippen molar-refractivity contribution in [3.05, 3.63) is 12.2 Å². The summed E-state index contributed by atoms with van der Waals surface area (Å²) in [5.74, 6) is 0.921. The van der Waals surface area contributed by atoms with Gasteiger partial charge in [-0.15, -0.1) is 0 Å². The van der Waals surface area contributed by atoms with E-state index >= 15 is 0 Å². The summed E-state index contributed by atoms with van der Waals surface area (Å²) in [6.45, 7) is -0.333. The van der Waals surface area contributed by atoms with Crippen molar-refractivity contribution >= 4 is 11.8 Å². The molecule has 0 aliphatic carbocycles. The summed E-state index contributed by atoms with van der Waals surface area (Å²) in [7, 11) is 0. The van der Waals surface area contributed by atoms with Gasteiger partial charge in [-0.05, 0) is 6.26 Å². The fourth-order valence-electron chi connectivity index (χ4n) is 0.227. The minimum atomic E-state index is -0.333. The predicted octanol–water partition coefficient (Wildman–Crippen LogP) is 1.88. The Hall–Kier alpha value is 0.0200. The highest BCUT2D eigenvalue weighted by molar-refractivity contribution is 7.98. The first kappa shape index (κ1) is 7.02. The van der Waals surface area contributed by atoms with Crippen LogP contribution < -0.4 is 0 Å². The van der Waals surface area contributed by atoms with Gasteiger partial charge in [0.1, 0.15) is 6.67 Å². The van der Waals surface area contributed by atoms with Crippen molar-refractivity contribution in [3.63, 3.8) is 0 Å². The predicted molar refractivity (Wildman–Crippen MR) is 33.5 cm³/mol. The molecule has 0 bridgehead atoms. The van der Waals surface area contributed by atoms with E-state index in [0.717, 1.165) is 5.75 Å². The molecular weight excluding hydrogens is 111 g/mol. The van der Waals surface area contributed by atoms with E-state index in [1.165, 1.54) is 6.08 Å². The smallest absolute Gasteiger partial charge is 0.108 e. The van der Waals surface area contributed by atoms with E-state index < -0.39 is 0 Å². The lowest BCUT2D eigenvalue weighted by Gasteiger charge is -1.79. The molecule has 0 fully saturated rings. The highest BCUT2D eigenvalue weighted by atomic mass is 32.2. The van der Waals surface area contributed by atoms with Crippen molar-refractivity contribution in [2.45, 2.75) is 0 Å². The van der Waals surface area contributed by atoms with Crippen molar-refractivity contribution in [1.29, 1.82) is 0 Å². The van der Waals surface area contributed by atoms with Gasteiger partial charge in [0.2, 0.25) is 0 Å². The third-order valence-electron chi connectivity index (χ3n) is 0.519. The van der Waals surface area contributed by atoms with Crippen molar-refractivity contribution < 1.29 is 4.39 Å². The Labute approximate surface area is 47.8 Å². The quantitative estimate of drug-likeness (QED) is 0.512. The minimum Gasteiger partial charge on any atom is -0.247 e. The van der Waals surface area contributed by atoms with Crippen LogP contribution in [0.15, 0.2) is 12.2 Å². The van der Waals surface area contributed by atoms with Gasteiger partial charge in [0.25, 0.3) is 0 Å².